The molecule has 11 heteroatoms. The third kappa shape index (κ3) is 4.83. The van der Waals surface area contributed by atoms with Crippen molar-refractivity contribution in [3.05, 3.63) is 69.1 Å². The fourth-order valence-electron chi connectivity index (χ4n) is 3.80. The van der Waals surface area contributed by atoms with E-state index < -0.39 is 23.0 Å². The number of nitrogen functional groups attached to an aromatic ring is 1. The second-order valence-corrected chi connectivity index (χ2v) is 9.15. The van der Waals surface area contributed by atoms with Crippen molar-refractivity contribution in [2.45, 2.75) is 18.9 Å². The van der Waals surface area contributed by atoms with Crippen LogP contribution in [0.1, 0.15) is 38.4 Å². The number of ether oxygens (including phenoxy) is 1. The van der Waals surface area contributed by atoms with Gasteiger partial charge >= 0.3 is 0 Å². The lowest BCUT2D eigenvalue weighted by Gasteiger charge is -2.32. The predicted octanol–water partition coefficient (Wildman–Crippen LogP) is 4.61. The van der Waals surface area contributed by atoms with Crippen LogP contribution >= 0.6 is 22.9 Å². The first-order chi connectivity index (χ1) is 16.3. The number of hydrogen-bond acceptors (Lipinski definition) is 7. The number of anilines is 2. The van der Waals surface area contributed by atoms with Crippen molar-refractivity contribution in [3.8, 4) is 5.75 Å². The topological polar surface area (TPSA) is 97.6 Å². The van der Waals surface area contributed by atoms with Crippen LogP contribution in [0.25, 0.3) is 0 Å². The van der Waals surface area contributed by atoms with E-state index in [4.69, 9.17) is 22.1 Å². The molecule has 34 heavy (non-hydrogen) atoms. The molecule has 1 aliphatic heterocycles. The van der Waals surface area contributed by atoms with Crippen LogP contribution in [-0.4, -0.2) is 47.8 Å². The highest BCUT2D eigenvalue weighted by atomic mass is 35.5. The number of thiazole rings is 1. The highest BCUT2D eigenvalue weighted by Crippen LogP contribution is 2.31. The van der Waals surface area contributed by atoms with Gasteiger partial charge in [0.15, 0.2) is 5.13 Å². The molecule has 0 aliphatic carbocycles. The summed E-state index contributed by atoms with van der Waals surface area (Å²) in [5.74, 6) is -2.58. The molecule has 178 valence electrons. The molecule has 4 rings (SSSR count). The van der Waals surface area contributed by atoms with Crippen molar-refractivity contribution >= 4 is 45.6 Å². The maximum absolute atomic E-state index is 14.0. The minimum Gasteiger partial charge on any atom is -0.496 e. The Morgan fingerprint density at radius 3 is 2.53 bits per heavy atom. The number of rotatable bonds is 6. The van der Waals surface area contributed by atoms with Crippen molar-refractivity contribution in [1.82, 2.24) is 9.88 Å². The second kappa shape index (κ2) is 9.94. The molecular formula is C23H21ClF2N4O3S. The Balaban J connectivity index is 1.41. The zero-order chi connectivity index (χ0) is 24.4. The quantitative estimate of drug-likeness (QED) is 0.474. The van der Waals surface area contributed by atoms with Gasteiger partial charge in [-0.25, -0.2) is 13.8 Å². The van der Waals surface area contributed by atoms with Gasteiger partial charge in [-0.1, -0.05) is 29.0 Å². The Kier molecular flexibility index (Phi) is 6.99. The van der Waals surface area contributed by atoms with Crippen LogP contribution in [0.15, 0.2) is 36.4 Å². The molecule has 0 unspecified atom stereocenters. The zero-order valence-electron chi connectivity index (χ0n) is 18.1. The van der Waals surface area contributed by atoms with Gasteiger partial charge < -0.3 is 20.7 Å². The van der Waals surface area contributed by atoms with E-state index in [1.807, 2.05) is 0 Å². The monoisotopic (exact) mass is 506 g/mol. The molecule has 0 radical (unpaired) electrons. The first-order valence-corrected chi connectivity index (χ1v) is 11.6. The van der Waals surface area contributed by atoms with E-state index in [1.165, 1.54) is 13.2 Å². The molecular weight excluding hydrogens is 486 g/mol. The number of benzene rings is 2. The number of nitrogens with zero attached hydrogens (tertiary/aromatic N) is 2. The number of piperidine rings is 1. The van der Waals surface area contributed by atoms with Gasteiger partial charge in [-0.05, 0) is 43.2 Å². The fourth-order valence-corrected chi connectivity index (χ4v) is 4.88. The Morgan fingerprint density at radius 1 is 1.21 bits per heavy atom. The van der Waals surface area contributed by atoms with Crippen LogP contribution in [0.2, 0.25) is 5.02 Å². The molecule has 1 saturated heterocycles. The maximum Gasteiger partial charge on any atom is 0.257 e. The Morgan fingerprint density at radius 2 is 1.88 bits per heavy atom. The van der Waals surface area contributed by atoms with E-state index in [2.05, 4.69) is 10.3 Å². The SMILES string of the molecule is COc1ccc(Cl)cc1C(=O)N1CCC(Nc2nc(N)c(C(=O)c3c(F)cccc3F)s2)CC1. The van der Waals surface area contributed by atoms with E-state index in [9.17, 15) is 18.4 Å². The van der Waals surface area contributed by atoms with Crippen LogP contribution in [0.4, 0.5) is 19.7 Å². The molecule has 1 aliphatic rings. The molecule has 1 fully saturated rings. The van der Waals surface area contributed by atoms with Crippen molar-refractivity contribution < 1.29 is 23.1 Å². The number of carbonyl (C=O) groups is 2. The van der Waals surface area contributed by atoms with Gasteiger partial charge in [0.25, 0.3) is 5.91 Å². The summed E-state index contributed by atoms with van der Waals surface area (Å²) >= 11 is 6.99. The first kappa shape index (κ1) is 23.9. The number of halogens is 3. The molecule has 3 N–H and O–H groups in total. The fraction of sp³-hybridized carbons (Fsp3) is 0.261. The second-order valence-electron chi connectivity index (χ2n) is 7.71. The number of likely N-dealkylation sites (tertiary alicyclic amines) is 1. The number of carbonyl (C=O) groups excluding carboxylic acids is 2. The third-order valence-corrected chi connectivity index (χ3v) is 6.79. The largest absolute Gasteiger partial charge is 0.496 e. The van der Waals surface area contributed by atoms with E-state index in [0.29, 0.717) is 47.4 Å². The van der Waals surface area contributed by atoms with Crippen molar-refractivity contribution in [2.75, 3.05) is 31.2 Å². The summed E-state index contributed by atoms with van der Waals surface area (Å²) < 4.78 is 33.3. The molecule has 7 nitrogen and oxygen atoms in total. The van der Waals surface area contributed by atoms with Gasteiger partial charge in [0.1, 0.15) is 28.1 Å². The molecule has 1 aromatic heterocycles. The van der Waals surface area contributed by atoms with Gasteiger partial charge in [0.2, 0.25) is 5.78 Å². The molecule has 2 heterocycles. The summed E-state index contributed by atoms with van der Waals surface area (Å²) in [5.41, 5.74) is 5.61. The van der Waals surface area contributed by atoms with Gasteiger partial charge in [-0.3, -0.25) is 9.59 Å². The summed E-state index contributed by atoms with van der Waals surface area (Å²) in [6.45, 7) is 0.971. The van der Waals surface area contributed by atoms with Crippen molar-refractivity contribution in [2.24, 2.45) is 0 Å². The zero-order valence-corrected chi connectivity index (χ0v) is 19.7. The number of ketones is 1. The van der Waals surface area contributed by atoms with Crippen molar-refractivity contribution in [3.63, 3.8) is 0 Å². The number of methoxy groups -OCH3 is 1. The van der Waals surface area contributed by atoms with Crippen molar-refractivity contribution in [1.29, 1.82) is 0 Å². The molecule has 2 aromatic carbocycles. The summed E-state index contributed by atoms with van der Waals surface area (Å²) in [6.07, 6.45) is 1.25. The molecule has 3 aromatic rings. The number of aromatic nitrogens is 1. The number of amides is 1. The Labute approximate surface area is 203 Å². The van der Waals surface area contributed by atoms with Crippen LogP contribution in [-0.2, 0) is 0 Å². The van der Waals surface area contributed by atoms with Gasteiger partial charge in [0.05, 0.1) is 18.2 Å². The number of hydrogen-bond donors (Lipinski definition) is 2. The Bertz CT molecular complexity index is 1220. The lowest BCUT2D eigenvalue weighted by molar-refractivity contribution is 0.0715. The molecule has 1 amide bonds. The normalized spacial score (nSPS) is 14.2. The van der Waals surface area contributed by atoms with E-state index in [-0.39, 0.29) is 22.6 Å². The minimum absolute atomic E-state index is 0.0241. The summed E-state index contributed by atoms with van der Waals surface area (Å²) in [5, 5.41) is 4.03. The van der Waals surface area contributed by atoms with Crippen LogP contribution in [0.3, 0.4) is 0 Å². The lowest BCUT2D eigenvalue weighted by atomic mass is 10.0. The van der Waals surface area contributed by atoms with Crippen LogP contribution < -0.4 is 15.8 Å². The van der Waals surface area contributed by atoms with Crippen LogP contribution in [0.5, 0.6) is 5.75 Å². The standard InChI is InChI=1S/C23H21ClF2N4O3S/c1-33-17-6-5-12(24)11-14(17)22(32)30-9-7-13(8-10-30)28-23-29-21(27)20(34-23)19(31)18-15(25)3-2-4-16(18)26/h2-6,11,13H,7-10,27H2,1H3,(H,28,29). The summed E-state index contributed by atoms with van der Waals surface area (Å²) in [4.78, 5) is 31.5. The minimum atomic E-state index is -0.958. The average Bonchev–Trinajstić information content (AvgIpc) is 3.18. The van der Waals surface area contributed by atoms with Gasteiger partial charge in [-0.15, -0.1) is 0 Å². The Hall–Kier alpha value is -3.24. The van der Waals surface area contributed by atoms with E-state index in [0.717, 1.165) is 23.5 Å². The summed E-state index contributed by atoms with van der Waals surface area (Å²) in [7, 11) is 1.50. The third-order valence-electron chi connectivity index (χ3n) is 5.55. The predicted molar refractivity (Wildman–Crippen MR) is 127 cm³/mol. The first-order valence-electron chi connectivity index (χ1n) is 10.4. The molecule has 0 atom stereocenters. The molecule has 0 bridgehead atoms. The molecule has 0 spiro atoms. The lowest BCUT2D eigenvalue weighted by Crippen LogP contribution is -2.42. The number of nitrogens with one attached hydrogen (secondary N) is 1. The molecule has 0 saturated carbocycles. The average molecular weight is 507 g/mol. The smallest absolute Gasteiger partial charge is 0.257 e. The highest BCUT2D eigenvalue weighted by molar-refractivity contribution is 7.18. The van der Waals surface area contributed by atoms with Crippen LogP contribution in [0, 0.1) is 11.6 Å². The van der Waals surface area contributed by atoms with E-state index in [1.54, 1.807) is 23.1 Å². The van der Waals surface area contributed by atoms with E-state index >= 15 is 0 Å². The highest BCUT2D eigenvalue weighted by Gasteiger charge is 2.28. The maximum atomic E-state index is 14.0. The van der Waals surface area contributed by atoms with Gasteiger partial charge in [-0.2, -0.15) is 0 Å². The number of nitrogens with two attached hydrogens (primary N) is 1. The van der Waals surface area contributed by atoms with Gasteiger partial charge in [0, 0.05) is 24.2 Å². The summed E-state index contributed by atoms with van der Waals surface area (Å²) in [6, 6.07) is 8.09.